The van der Waals surface area contributed by atoms with Crippen molar-refractivity contribution in [3.05, 3.63) is 47.8 Å². The van der Waals surface area contributed by atoms with Crippen molar-refractivity contribution < 1.29 is 36.7 Å². The number of carbonyl (C=O) groups is 3. The van der Waals surface area contributed by atoms with Crippen molar-refractivity contribution in [1.82, 2.24) is 0 Å². The standard InChI is InChI=1S/C26H26FN3O7S/c1-2-36-22(31)10-12-37-17-6-7-19-21(14-17)38(34,35)29-25(28-19)23-24(32)18-13-16(27)5-8-20(18)30(26(23)33)11-9-15-3-4-15/h5-8,13-15,23H,2-4,9-12H2,1H3,(H,28,29)/t23-/m0/s1. The van der Waals surface area contributed by atoms with Crippen molar-refractivity contribution in [1.29, 1.82) is 0 Å². The van der Waals surface area contributed by atoms with E-state index in [0.29, 0.717) is 18.2 Å². The molecule has 0 bridgehead atoms. The number of sulfonamides is 1. The SMILES string of the molecule is CCOC(=O)CCOc1ccc2c(c1)S(=O)(=O)N=C([C@@H]1C(=O)c3cc(F)ccc3N(CCC3CC3)C1=O)N2. The molecule has 2 aromatic rings. The second-order valence-corrected chi connectivity index (χ2v) is 10.9. The zero-order chi connectivity index (χ0) is 27.0. The Morgan fingerprint density at radius 3 is 2.71 bits per heavy atom. The quantitative estimate of drug-likeness (QED) is 0.376. The second kappa shape index (κ2) is 10.2. The predicted octanol–water partition coefficient (Wildman–Crippen LogP) is 3.32. The number of esters is 1. The highest BCUT2D eigenvalue weighted by Gasteiger charge is 2.45. The zero-order valence-electron chi connectivity index (χ0n) is 20.6. The lowest BCUT2D eigenvalue weighted by Crippen LogP contribution is -2.50. The lowest BCUT2D eigenvalue weighted by molar-refractivity contribution is -0.143. The number of amides is 1. The highest BCUT2D eigenvalue weighted by molar-refractivity contribution is 7.90. The number of ketones is 1. The summed E-state index contributed by atoms with van der Waals surface area (Å²) in [5, 5.41) is 2.82. The molecule has 5 rings (SSSR count). The maximum absolute atomic E-state index is 14.1. The van der Waals surface area contributed by atoms with Gasteiger partial charge >= 0.3 is 5.97 Å². The van der Waals surface area contributed by atoms with Gasteiger partial charge in [-0.25, -0.2) is 4.39 Å². The summed E-state index contributed by atoms with van der Waals surface area (Å²) in [7, 11) is -4.32. The number of hydrogen-bond acceptors (Lipinski definition) is 8. The normalized spacial score (nSPS) is 19.7. The molecule has 2 heterocycles. The van der Waals surface area contributed by atoms with Gasteiger partial charge in [0, 0.05) is 18.2 Å². The van der Waals surface area contributed by atoms with Crippen LogP contribution >= 0.6 is 0 Å². The van der Waals surface area contributed by atoms with E-state index in [1.54, 1.807) is 6.92 Å². The van der Waals surface area contributed by atoms with Crippen molar-refractivity contribution in [3.8, 4) is 5.75 Å². The van der Waals surface area contributed by atoms with Gasteiger partial charge in [-0.15, -0.1) is 4.40 Å². The van der Waals surface area contributed by atoms with Gasteiger partial charge < -0.3 is 19.7 Å². The number of carbonyl (C=O) groups excluding carboxylic acids is 3. The molecule has 38 heavy (non-hydrogen) atoms. The van der Waals surface area contributed by atoms with Gasteiger partial charge in [0.2, 0.25) is 5.91 Å². The monoisotopic (exact) mass is 543 g/mol. The topological polar surface area (TPSA) is 131 Å². The lowest BCUT2D eigenvalue weighted by atomic mass is 9.88. The highest BCUT2D eigenvalue weighted by atomic mass is 32.2. The van der Waals surface area contributed by atoms with Crippen LogP contribution in [0.25, 0.3) is 0 Å². The van der Waals surface area contributed by atoms with Crippen molar-refractivity contribution in [2.75, 3.05) is 30.0 Å². The molecule has 1 amide bonds. The number of rotatable bonds is 9. The van der Waals surface area contributed by atoms with Crippen molar-refractivity contribution in [2.45, 2.75) is 37.5 Å². The maximum Gasteiger partial charge on any atom is 0.309 e. The molecule has 0 unspecified atom stereocenters. The van der Waals surface area contributed by atoms with Gasteiger partial charge in [0.1, 0.15) is 22.3 Å². The number of halogens is 1. The van der Waals surface area contributed by atoms with E-state index in [-0.39, 0.29) is 47.4 Å². The Bertz CT molecular complexity index is 1450. The third-order valence-corrected chi connectivity index (χ3v) is 7.94. The van der Waals surface area contributed by atoms with Crippen LogP contribution in [0, 0.1) is 17.7 Å². The number of nitrogens with one attached hydrogen (secondary N) is 1. The first-order valence-electron chi connectivity index (χ1n) is 12.4. The van der Waals surface area contributed by atoms with Crippen LogP contribution in [0.4, 0.5) is 15.8 Å². The molecule has 10 nitrogen and oxygen atoms in total. The summed E-state index contributed by atoms with van der Waals surface area (Å²) in [5.74, 6) is -3.63. The molecule has 12 heteroatoms. The molecule has 1 N–H and O–H groups in total. The minimum atomic E-state index is -4.32. The third kappa shape index (κ3) is 5.13. The van der Waals surface area contributed by atoms with Gasteiger partial charge in [0.25, 0.3) is 10.0 Å². The lowest BCUT2D eigenvalue weighted by Gasteiger charge is -2.34. The molecule has 2 aromatic carbocycles. The number of ether oxygens (including phenoxy) is 2. The molecule has 2 aliphatic heterocycles. The van der Waals surface area contributed by atoms with E-state index in [4.69, 9.17) is 9.47 Å². The Kier molecular flexibility index (Phi) is 6.91. The molecule has 1 aliphatic carbocycles. The van der Waals surface area contributed by atoms with Gasteiger partial charge in [0.05, 0.1) is 31.0 Å². The molecule has 200 valence electrons. The molecule has 0 aromatic heterocycles. The maximum atomic E-state index is 14.1. The van der Waals surface area contributed by atoms with E-state index in [2.05, 4.69) is 9.71 Å². The summed E-state index contributed by atoms with van der Waals surface area (Å²) in [6, 6.07) is 7.82. The number of nitrogens with zero attached hydrogens (tertiary/aromatic N) is 2. The van der Waals surface area contributed by atoms with Crippen molar-refractivity contribution >= 4 is 44.9 Å². The summed E-state index contributed by atoms with van der Waals surface area (Å²) in [5.41, 5.74) is 0.425. The Balaban J connectivity index is 1.42. The van der Waals surface area contributed by atoms with Crippen LogP contribution in [0.3, 0.4) is 0 Å². The van der Waals surface area contributed by atoms with Crippen LogP contribution < -0.4 is 15.0 Å². The summed E-state index contributed by atoms with van der Waals surface area (Å²) in [4.78, 5) is 39.7. The largest absolute Gasteiger partial charge is 0.493 e. The molecular formula is C26H26FN3O7S. The Hall–Kier alpha value is -3.80. The van der Waals surface area contributed by atoms with Crippen LogP contribution in [-0.4, -0.2) is 51.7 Å². The molecule has 1 saturated carbocycles. The van der Waals surface area contributed by atoms with Crippen LogP contribution in [0.5, 0.6) is 5.75 Å². The fourth-order valence-corrected chi connectivity index (χ4v) is 5.70. The molecule has 1 atom stereocenters. The Morgan fingerprint density at radius 1 is 1.18 bits per heavy atom. The molecule has 0 saturated heterocycles. The Labute approximate surface area is 218 Å². The number of hydrogen-bond donors (Lipinski definition) is 1. The van der Waals surface area contributed by atoms with Crippen LogP contribution in [0.1, 0.15) is 43.0 Å². The van der Waals surface area contributed by atoms with E-state index in [9.17, 15) is 27.2 Å². The van der Waals surface area contributed by atoms with E-state index in [1.807, 2.05) is 0 Å². The van der Waals surface area contributed by atoms with E-state index < -0.39 is 39.4 Å². The summed E-state index contributed by atoms with van der Waals surface area (Å²) in [6.07, 6.45) is 2.85. The summed E-state index contributed by atoms with van der Waals surface area (Å²) in [6.45, 7) is 2.24. The third-order valence-electron chi connectivity index (χ3n) is 6.61. The van der Waals surface area contributed by atoms with Crippen LogP contribution in [0.15, 0.2) is 45.7 Å². The average molecular weight is 544 g/mol. The molecule has 0 spiro atoms. The minimum Gasteiger partial charge on any atom is -0.493 e. The van der Waals surface area contributed by atoms with Gasteiger partial charge in [-0.05, 0) is 49.6 Å². The predicted molar refractivity (Wildman–Crippen MR) is 135 cm³/mol. The molecular weight excluding hydrogens is 517 g/mol. The average Bonchev–Trinajstić information content (AvgIpc) is 3.69. The molecule has 3 aliphatic rings. The molecule has 1 fully saturated rings. The van der Waals surface area contributed by atoms with Crippen LogP contribution in [-0.2, 0) is 24.3 Å². The van der Waals surface area contributed by atoms with E-state index in [0.717, 1.165) is 25.3 Å². The van der Waals surface area contributed by atoms with E-state index in [1.165, 1.54) is 35.2 Å². The van der Waals surface area contributed by atoms with Crippen molar-refractivity contribution in [3.63, 3.8) is 0 Å². The Morgan fingerprint density at radius 2 is 1.97 bits per heavy atom. The first kappa shape index (κ1) is 25.8. The summed E-state index contributed by atoms with van der Waals surface area (Å²) >= 11 is 0. The zero-order valence-corrected chi connectivity index (χ0v) is 21.4. The number of benzene rings is 2. The highest BCUT2D eigenvalue weighted by Crippen LogP contribution is 2.38. The van der Waals surface area contributed by atoms with Gasteiger partial charge in [-0.1, -0.05) is 12.8 Å². The first-order valence-corrected chi connectivity index (χ1v) is 13.8. The van der Waals surface area contributed by atoms with E-state index >= 15 is 0 Å². The van der Waals surface area contributed by atoms with Crippen LogP contribution in [0.2, 0.25) is 0 Å². The van der Waals surface area contributed by atoms with Gasteiger partial charge in [-0.2, -0.15) is 8.42 Å². The molecule has 0 radical (unpaired) electrons. The fourth-order valence-electron chi connectivity index (χ4n) is 4.53. The van der Waals surface area contributed by atoms with Crippen molar-refractivity contribution in [2.24, 2.45) is 16.2 Å². The fraction of sp³-hybridized carbons (Fsp3) is 0.385. The number of fused-ring (bicyclic) bond motifs is 2. The smallest absolute Gasteiger partial charge is 0.309 e. The minimum absolute atomic E-state index is 0.00318. The first-order chi connectivity index (χ1) is 18.2. The van der Waals surface area contributed by atoms with Gasteiger partial charge in [0.15, 0.2) is 11.7 Å². The number of amidine groups is 1. The van der Waals surface area contributed by atoms with Gasteiger partial charge in [-0.3, -0.25) is 14.4 Å². The summed E-state index contributed by atoms with van der Waals surface area (Å²) < 4.78 is 54.4. The number of anilines is 2. The second-order valence-electron chi connectivity index (χ2n) is 9.32. The number of Topliss-reactive ketones (excluding diaryl/α,β-unsaturated/α-hetero) is 1.